The molecule has 0 amide bonds. The number of carbonyl (C=O) groups is 1. The van der Waals surface area contributed by atoms with Gasteiger partial charge in [-0.05, 0) is 30.7 Å². The molecule has 6 nitrogen and oxygen atoms in total. The Morgan fingerprint density at radius 3 is 2.71 bits per heavy atom. The molecule has 21 heavy (non-hydrogen) atoms. The first-order chi connectivity index (χ1) is 10.1. The minimum Gasteiger partial charge on any atom is -0.477 e. The summed E-state index contributed by atoms with van der Waals surface area (Å²) in [6.07, 6.45) is 6.73. The molecule has 0 radical (unpaired) electrons. The molecule has 0 aromatic carbocycles. The van der Waals surface area contributed by atoms with E-state index in [1.54, 1.807) is 30.7 Å². The molecule has 2 aromatic heterocycles. The summed E-state index contributed by atoms with van der Waals surface area (Å²) in [6, 6.07) is 7.50. The van der Waals surface area contributed by atoms with Gasteiger partial charge in [-0.2, -0.15) is 0 Å². The van der Waals surface area contributed by atoms with Gasteiger partial charge in [-0.25, -0.2) is 10.2 Å². The second-order valence-corrected chi connectivity index (χ2v) is 4.88. The van der Waals surface area contributed by atoms with Gasteiger partial charge in [0.2, 0.25) is 0 Å². The minimum absolute atomic E-state index is 0.0845. The van der Waals surface area contributed by atoms with Crippen molar-refractivity contribution in [2.45, 2.75) is 12.5 Å². The number of nitrogens with one attached hydrogen (secondary N) is 2. The van der Waals surface area contributed by atoms with Gasteiger partial charge in [-0.1, -0.05) is 12.1 Å². The summed E-state index contributed by atoms with van der Waals surface area (Å²) in [4.78, 5) is 19.7. The van der Waals surface area contributed by atoms with Crippen molar-refractivity contribution in [3.05, 3.63) is 71.4 Å². The van der Waals surface area contributed by atoms with Crippen LogP contribution in [-0.4, -0.2) is 21.0 Å². The lowest BCUT2D eigenvalue weighted by Crippen LogP contribution is -2.44. The summed E-state index contributed by atoms with van der Waals surface area (Å²) >= 11 is 0. The number of carboxylic acids is 1. The highest BCUT2D eigenvalue weighted by Gasteiger charge is 2.39. The van der Waals surface area contributed by atoms with E-state index in [9.17, 15) is 9.90 Å². The molecule has 0 saturated heterocycles. The number of pyridine rings is 2. The van der Waals surface area contributed by atoms with Crippen molar-refractivity contribution in [3.63, 3.8) is 0 Å². The molecule has 0 spiro atoms. The molecule has 1 aliphatic heterocycles. The third-order valence-electron chi connectivity index (χ3n) is 3.42. The third kappa shape index (κ3) is 2.25. The Kier molecular flexibility index (Phi) is 3.15. The number of hydrogen-bond acceptors (Lipinski definition) is 5. The van der Waals surface area contributed by atoms with Gasteiger partial charge in [0.25, 0.3) is 0 Å². The lowest BCUT2D eigenvalue weighted by molar-refractivity contribution is -0.133. The van der Waals surface area contributed by atoms with Gasteiger partial charge in [0.15, 0.2) is 0 Å². The van der Waals surface area contributed by atoms with E-state index in [1.165, 1.54) is 0 Å². The first-order valence-electron chi connectivity index (χ1n) is 6.45. The molecule has 6 heteroatoms. The Hall–Kier alpha value is -2.73. The van der Waals surface area contributed by atoms with Crippen LogP contribution in [0.3, 0.4) is 0 Å². The van der Waals surface area contributed by atoms with Crippen molar-refractivity contribution in [1.82, 2.24) is 20.8 Å². The third-order valence-corrected chi connectivity index (χ3v) is 3.42. The Labute approximate surface area is 121 Å². The van der Waals surface area contributed by atoms with Crippen molar-refractivity contribution in [2.75, 3.05) is 0 Å². The van der Waals surface area contributed by atoms with Crippen LogP contribution in [0.2, 0.25) is 0 Å². The van der Waals surface area contributed by atoms with Gasteiger partial charge in [0.05, 0.1) is 5.69 Å². The quantitative estimate of drug-likeness (QED) is 0.781. The fraction of sp³-hybridized carbons (Fsp3) is 0.133. The number of hydrazine groups is 1. The summed E-state index contributed by atoms with van der Waals surface area (Å²) in [5.74, 6) is -1.03. The Morgan fingerprint density at radius 1 is 1.29 bits per heavy atom. The van der Waals surface area contributed by atoms with Crippen molar-refractivity contribution >= 4 is 5.97 Å². The lowest BCUT2D eigenvalue weighted by Gasteiger charge is -2.27. The molecule has 3 rings (SSSR count). The number of nitrogens with zero attached hydrogens (tertiary/aromatic N) is 2. The molecule has 0 saturated carbocycles. The molecule has 1 aliphatic rings. The Balaban J connectivity index is 2.17. The summed E-state index contributed by atoms with van der Waals surface area (Å²) in [7, 11) is 0. The predicted octanol–water partition coefficient (Wildman–Crippen LogP) is 1.10. The second-order valence-electron chi connectivity index (χ2n) is 4.88. The van der Waals surface area contributed by atoms with Crippen molar-refractivity contribution < 1.29 is 9.90 Å². The maximum atomic E-state index is 11.2. The highest BCUT2D eigenvalue weighted by atomic mass is 16.4. The van der Waals surface area contributed by atoms with Crippen molar-refractivity contribution in [2.24, 2.45) is 0 Å². The molecular formula is C15H14N4O2. The van der Waals surface area contributed by atoms with E-state index in [4.69, 9.17) is 0 Å². The van der Waals surface area contributed by atoms with Crippen LogP contribution in [0.1, 0.15) is 16.8 Å². The summed E-state index contributed by atoms with van der Waals surface area (Å²) in [6.45, 7) is 1.95. The molecule has 3 N–H and O–H groups in total. The number of aryl methyl sites for hydroxylation is 1. The van der Waals surface area contributed by atoms with Crippen molar-refractivity contribution in [1.29, 1.82) is 0 Å². The maximum absolute atomic E-state index is 11.2. The van der Waals surface area contributed by atoms with Crippen LogP contribution in [0.4, 0.5) is 0 Å². The highest BCUT2D eigenvalue weighted by molar-refractivity contribution is 5.87. The fourth-order valence-corrected chi connectivity index (χ4v) is 2.31. The molecule has 0 bridgehead atoms. The van der Waals surface area contributed by atoms with Crippen LogP contribution in [0.25, 0.3) is 0 Å². The second kappa shape index (κ2) is 4.99. The van der Waals surface area contributed by atoms with Crippen molar-refractivity contribution in [3.8, 4) is 0 Å². The van der Waals surface area contributed by atoms with Crippen LogP contribution in [0.15, 0.2) is 54.6 Å². The molecule has 106 valence electrons. The molecule has 2 aromatic rings. The topological polar surface area (TPSA) is 87.1 Å². The summed E-state index contributed by atoms with van der Waals surface area (Å²) < 4.78 is 0. The van der Waals surface area contributed by atoms with E-state index in [0.717, 1.165) is 11.1 Å². The minimum atomic E-state index is -1.03. The Bertz CT molecular complexity index is 697. The number of aromatic nitrogens is 2. The average Bonchev–Trinajstić information content (AvgIpc) is 2.96. The van der Waals surface area contributed by atoms with Crippen LogP contribution >= 0.6 is 0 Å². The molecule has 0 aliphatic carbocycles. The summed E-state index contributed by atoms with van der Waals surface area (Å²) in [5.41, 5.74) is 7.51. The van der Waals surface area contributed by atoms with E-state index in [2.05, 4.69) is 20.8 Å². The largest absolute Gasteiger partial charge is 0.477 e. The molecular weight excluding hydrogens is 268 g/mol. The van der Waals surface area contributed by atoms with Gasteiger partial charge in [0.1, 0.15) is 11.2 Å². The van der Waals surface area contributed by atoms with E-state index in [-0.39, 0.29) is 5.70 Å². The molecule has 1 unspecified atom stereocenters. The SMILES string of the molecule is Cc1ccc(C2(c3cccnc3)C=C(C(=O)O)NN2)nc1. The van der Waals surface area contributed by atoms with E-state index >= 15 is 0 Å². The lowest BCUT2D eigenvalue weighted by atomic mass is 9.87. The number of carboxylic acid groups (broad SMARTS) is 1. The standard InChI is InChI=1S/C15H14N4O2/c1-10-4-5-13(17-8-10)15(11-3-2-6-16-9-11)7-12(14(20)21)18-19-15/h2-9,18-19H,1H3,(H,20,21). The fourth-order valence-electron chi connectivity index (χ4n) is 2.31. The first-order valence-corrected chi connectivity index (χ1v) is 6.45. The zero-order valence-corrected chi connectivity index (χ0v) is 11.4. The predicted molar refractivity (Wildman–Crippen MR) is 76.0 cm³/mol. The van der Waals surface area contributed by atoms with Gasteiger partial charge in [0, 0.05) is 24.2 Å². The molecule has 0 fully saturated rings. The van der Waals surface area contributed by atoms with Crippen LogP contribution in [0.5, 0.6) is 0 Å². The van der Waals surface area contributed by atoms with E-state index in [0.29, 0.717) is 5.69 Å². The monoisotopic (exact) mass is 282 g/mol. The number of aliphatic carboxylic acids is 1. The van der Waals surface area contributed by atoms with Crippen LogP contribution in [-0.2, 0) is 10.3 Å². The Morgan fingerprint density at radius 2 is 2.14 bits per heavy atom. The van der Waals surface area contributed by atoms with Crippen LogP contribution < -0.4 is 10.9 Å². The zero-order valence-electron chi connectivity index (χ0n) is 11.4. The average molecular weight is 282 g/mol. The smallest absolute Gasteiger partial charge is 0.353 e. The molecule has 3 heterocycles. The first kappa shape index (κ1) is 13.3. The van der Waals surface area contributed by atoms with Crippen LogP contribution in [0, 0.1) is 6.92 Å². The van der Waals surface area contributed by atoms with Gasteiger partial charge in [-0.3, -0.25) is 9.97 Å². The maximum Gasteiger partial charge on any atom is 0.353 e. The highest BCUT2D eigenvalue weighted by Crippen LogP contribution is 2.32. The van der Waals surface area contributed by atoms with Gasteiger partial charge in [-0.15, -0.1) is 0 Å². The summed E-state index contributed by atoms with van der Waals surface area (Å²) in [5, 5.41) is 9.18. The zero-order chi connectivity index (χ0) is 14.9. The van der Waals surface area contributed by atoms with Gasteiger partial charge >= 0.3 is 5.97 Å². The normalized spacial score (nSPS) is 20.7. The number of hydrogen-bond donors (Lipinski definition) is 3. The molecule has 1 atom stereocenters. The van der Waals surface area contributed by atoms with Gasteiger partial charge < -0.3 is 10.5 Å². The van der Waals surface area contributed by atoms with E-state index < -0.39 is 11.5 Å². The van der Waals surface area contributed by atoms with E-state index in [1.807, 2.05) is 25.1 Å². The number of rotatable bonds is 3.